The van der Waals surface area contributed by atoms with Crippen LogP contribution in [0.1, 0.15) is 33.1 Å². The van der Waals surface area contributed by atoms with Crippen molar-refractivity contribution in [3.8, 4) is 0 Å². The van der Waals surface area contributed by atoms with E-state index < -0.39 is 12.7 Å². The first-order valence-electron chi connectivity index (χ1n) is 5.41. The highest BCUT2D eigenvalue weighted by Gasteiger charge is 2.31. The average molecular weight is 226 g/mol. The van der Waals surface area contributed by atoms with Crippen LogP contribution < -0.4 is 5.73 Å². The lowest BCUT2D eigenvalue weighted by Gasteiger charge is -2.29. The third-order valence-corrected chi connectivity index (χ3v) is 2.34. The Morgan fingerprint density at radius 1 is 1.33 bits per heavy atom. The second-order valence-electron chi connectivity index (χ2n) is 3.87. The van der Waals surface area contributed by atoms with Crippen LogP contribution >= 0.6 is 0 Å². The summed E-state index contributed by atoms with van der Waals surface area (Å²) in [6.07, 6.45) is -1.86. The van der Waals surface area contributed by atoms with Crippen molar-refractivity contribution in [1.29, 1.82) is 0 Å². The Kier molecular flexibility index (Phi) is 6.92. The number of halogens is 3. The van der Waals surface area contributed by atoms with Gasteiger partial charge >= 0.3 is 6.18 Å². The quantitative estimate of drug-likeness (QED) is 0.722. The molecule has 0 rings (SSSR count). The van der Waals surface area contributed by atoms with E-state index in [9.17, 15) is 13.2 Å². The third-order valence-electron chi connectivity index (χ3n) is 2.34. The van der Waals surface area contributed by atoms with Gasteiger partial charge in [-0.1, -0.05) is 6.92 Å². The van der Waals surface area contributed by atoms with Gasteiger partial charge in [0.2, 0.25) is 0 Å². The lowest BCUT2D eigenvalue weighted by Crippen LogP contribution is -2.41. The molecular formula is C10H21F3N2. The Morgan fingerprint density at radius 3 is 2.33 bits per heavy atom. The fourth-order valence-corrected chi connectivity index (χ4v) is 1.57. The van der Waals surface area contributed by atoms with Crippen LogP contribution in [-0.2, 0) is 0 Å². The van der Waals surface area contributed by atoms with Gasteiger partial charge in [0.05, 0.1) is 6.54 Å². The summed E-state index contributed by atoms with van der Waals surface area (Å²) in [6, 6.07) is -0.0462. The van der Waals surface area contributed by atoms with Crippen LogP contribution in [0.3, 0.4) is 0 Å². The second kappa shape index (κ2) is 7.06. The molecule has 92 valence electrons. The normalized spacial score (nSPS) is 14.6. The van der Waals surface area contributed by atoms with Crippen LogP contribution in [0.15, 0.2) is 0 Å². The van der Waals surface area contributed by atoms with E-state index in [2.05, 4.69) is 0 Å². The molecule has 0 fully saturated rings. The van der Waals surface area contributed by atoms with Crippen LogP contribution in [-0.4, -0.2) is 36.8 Å². The van der Waals surface area contributed by atoms with Gasteiger partial charge in [-0.05, 0) is 39.3 Å². The number of alkyl halides is 3. The second-order valence-corrected chi connectivity index (χ2v) is 3.87. The third kappa shape index (κ3) is 7.62. The summed E-state index contributed by atoms with van der Waals surface area (Å²) in [4.78, 5) is 1.48. The number of nitrogens with zero attached hydrogens (tertiary/aromatic N) is 1. The fraction of sp³-hybridized carbons (Fsp3) is 1.00. The van der Waals surface area contributed by atoms with Crippen molar-refractivity contribution in [1.82, 2.24) is 4.90 Å². The van der Waals surface area contributed by atoms with Crippen LogP contribution in [0.5, 0.6) is 0 Å². The Bertz CT molecular complexity index is 159. The first kappa shape index (κ1) is 14.7. The highest BCUT2D eigenvalue weighted by molar-refractivity contribution is 4.70. The molecule has 0 bridgehead atoms. The van der Waals surface area contributed by atoms with Crippen molar-refractivity contribution in [2.75, 3.05) is 19.6 Å². The molecule has 0 aliphatic carbocycles. The molecule has 5 heteroatoms. The van der Waals surface area contributed by atoms with Crippen molar-refractivity contribution in [3.05, 3.63) is 0 Å². The van der Waals surface area contributed by atoms with Crippen molar-refractivity contribution < 1.29 is 13.2 Å². The van der Waals surface area contributed by atoms with Crippen molar-refractivity contribution in [2.45, 2.75) is 45.3 Å². The predicted octanol–water partition coefficient (Wildman–Crippen LogP) is 2.39. The zero-order valence-corrected chi connectivity index (χ0v) is 9.48. The lowest BCUT2D eigenvalue weighted by atomic mass is 10.1. The molecule has 0 saturated heterocycles. The van der Waals surface area contributed by atoms with Gasteiger partial charge in [0.15, 0.2) is 0 Å². The zero-order chi connectivity index (χ0) is 11.9. The molecule has 0 amide bonds. The number of rotatable bonds is 7. The van der Waals surface area contributed by atoms with E-state index in [1.165, 1.54) is 4.90 Å². The SMILES string of the molecule is CCCN(CC(F)(F)F)C(C)CCCN. The Morgan fingerprint density at radius 2 is 1.93 bits per heavy atom. The Balaban J connectivity index is 4.12. The molecule has 0 aromatic carbocycles. The first-order valence-corrected chi connectivity index (χ1v) is 5.41. The molecule has 0 aliphatic rings. The molecule has 0 spiro atoms. The minimum atomic E-state index is -4.11. The maximum absolute atomic E-state index is 12.2. The monoisotopic (exact) mass is 226 g/mol. The topological polar surface area (TPSA) is 29.3 Å². The standard InChI is InChI=1S/C10H21F3N2/c1-3-7-15(8-10(11,12)13)9(2)5-4-6-14/h9H,3-8,14H2,1-2H3. The van der Waals surface area contributed by atoms with Gasteiger partial charge in [0, 0.05) is 6.04 Å². The average Bonchev–Trinajstić information content (AvgIpc) is 2.11. The van der Waals surface area contributed by atoms with E-state index >= 15 is 0 Å². The maximum Gasteiger partial charge on any atom is 0.401 e. The van der Waals surface area contributed by atoms with Gasteiger partial charge in [0.1, 0.15) is 0 Å². The molecular weight excluding hydrogens is 205 g/mol. The molecule has 0 aliphatic heterocycles. The summed E-state index contributed by atoms with van der Waals surface area (Å²) in [6.45, 7) is 3.93. The molecule has 0 aromatic heterocycles. The molecule has 0 radical (unpaired) electrons. The minimum absolute atomic E-state index is 0.0462. The van der Waals surface area contributed by atoms with Gasteiger partial charge in [0.25, 0.3) is 0 Å². The van der Waals surface area contributed by atoms with E-state index in [1.54, 1.807) is 0 Å². The summed E-state index contributed by atoms with van der Waals surface area (Å²) in [5.74, 6) is 0. The van der Waals surface area contributed by atoms with Gasteiger partial charge in [-0.15, -0.1) is 0 Å². The maximum atomic E-state index is 12.2. The molecule has 15 heavy (non-hydrogen) atoms. The van der Waals surface area contributed by atoms with Crippen LogP contribution in [0, 0.1) is 0 Å². The number of hydrogen-bond acceptors (Lipinski definition) is 2. The fourth-order valence-electron chi connectivity index (χ4n) is 1.57. The molecule has 1 unspecified atom stereocenters. The summed E-state index contributed by atoms with van der Waals surface area (Å²) in [5, 5.41) is 0. The molecule has 0 saturated carbocycles. The smallest absolute Gasteiger partial charge is 0.330 e. The summed E-state index contributed by atoms with van der Waals surface area (Å²) < 4.78 is 36.7. The molecule has 0 heterocycles. The van der Waals surface area contributed by atoms with Gasteiger partial charge in [-0.25, -0.2) is 0 Å². The van der Waals surface area contributed by atoms with Crippen molar-refractivity contribution in [3.63, 3.8) is 0 Å². The Hall–Kier alpha value is -0.290. The number of nitrogens with two attached hydrogens (primary N) is 1. The number of hydrogen-bond donors (Lipinski definition) is 1. The molecule has 2 nitrogen and oxygen atoms in total. The highest BCUT2D eigenvalue weighted by atomic mass is 19.4. The van der Waals surface area contributed by atoms with E-state index in [1.807, 2.05) is 13.8 Å². The van der Waals surface area contributed by atoms with Crippen molar-refractivity contribution >= 4 is 0 Å². The van der Waals surface area contributed by atoms with Crippen LogP contribution in [0.4, 0.5) is 13.2 Å². The van der Waals surface area contributed by atoms with E-state index in [0.717, 1.165) is 19.3 Å². The van der Waals surface area contributed by atoms with Crippen LogP contribution in [0.25, 0.3) is 0 Å². The first-order chi connectivity index (χ1) is 6.90. The largest absolute Gasteiger partial charge is 0.401 e. The highest BCUT2D eigenvalue weighted by Crippen LogP contribution is 2.19. The van der Waals surface area contributed by atoms with E-state index in [-0.39, 0.29) is 6.04 Å². The van der Waals surface area contributed by atoms with Gasteiger partial charge < -0.3 is 5.73 Å². The minimum Gasteiger partial charge on any atom is -0.330 e. The Labute approximate surface area is 89.6 Å². The zero-order valence-electron chi connectivity index (χ0n) is 9.48. The summed E-state index contributed by atoms with van der Waals surface area (Å²) in [7, 11) is 0. The van der Waals surface area contributed by atoms with Crippen molar-refractivity contribution in [2.24, 2.45) is 5.73 Å². The van der Waals surface area contributed by atoms with Crippen LogP contribution in [0.2, 0.25) is 0 Å². The lowest BCUT2D eigenvalue weighted by molar-refractivity contribution is -0.150. The van der Waals surface area contributed by atoms with E-state index in [4.69, 9.17) is 5.73 Å². The molecule has 1 atom stereocenters. The predicted molar refractivity (Wildman–Crippen MR) is 55.7 cm³/mol. The van der Waals surface area contributed by atoms with Gasteiger partial charge in [-0.3, -0.25) is 4.90 Å². The summed E-state index contributed by atoms with van der Waals surface area (Å²) in [5.41, 5.74) is 5.34. The summed E-state index contributed by atoms with van der Waals surface area (Å²) >= 11 is 0. The molecule has 2 N–H and O–H groups in total. The van der Waals surface area contributed by atoms with Gasteiger partial charge in [-0.2, -0.15) is 13.2 Å². The molecule has 0 aromatic rings. The van der Waals surface area contributed by atoms with E-state index in [0.29, 0.717) is 13.1 Å².